The Kier molecular flexibility index (Phi) is 6.07. The number of rotatable bonds is 6. The molecule has 0 bridgehead atoms. The number of thiocarbonyl (C=S) groups is 1. The standard InChI is InChI=1S/C28H28N4OS/c1-19(2)31-17-15-21(18-31)27-26(24-9-6-7-16-29-24)30-28(34)32(27)22-11-13-23(14-12-22)33-25-10-5-4-8-20(25)3/h4-19,26-27H,1-3H3,(H,30,34)/t26-,27+/m1/s1. The quantitative estimate of drug-likeness (QED) is 0.317. The number of nitrogens with zero attached hydrogens (tertiary/aromatic N) is 3. The number of benzene rings is 2. The van der Waals surface area contributed by atoms with E-state index in [4.69, 9.17) is 17.0 Å². The van der Waals surface area contributed by atoms with Crippen LogP contribution in [0.1, 0.15) is 48.8 Å². The number of aryl methyl sites for hydroxylation is 1. The van der Waals surface area contributed by atoms with Crippen molar-refractivity contribution in [2.45, 2.75) is 38.9 Å². The molecule has 2 aromatic heterocycles. The van der Waals surface area contributed by atoms with Gasteiger partial charge in [0.05, 0.1) is 17.8 Å². The van der Waals surface area contributed by atoms with Crippen molar-refractivity contribution in [2.75, 3.05) is 4.90 Å². The van der Waals surface area contributed by atoms with E-state index in [1.807, 2.05) is 61.7 Å². The predicted octanol–water partition coefficient (Wildman–Crippen LogP) is 6.74. The molecule has 3 heterocycles. The van der Waals surface area contributed by atoms with Crippen LogP contribution in [-0.2, 0) is 0 Å². The van der Waals surface area contributed by atoms with Gasteiger partial charge in [-0.1, -0.05) is 24.3 Å². The van der Waals surface area contributed by atoms with Crippen molar-refractivity contribution in [1.29, 1.82) is 0 Å². The minimum Gasteiger partial charge on any atom is -0.457 e. The zero-order chi connectivity index (χ0) is 23.7. The summed E-state index contributed by atoms with van der Waals surface area (Å²) in [6.07, 6.45) is 6.18. The minimum atomic E-state index is -0.0559. The average molecular weight is 469 g/mol. The number of hydrogen-bond donors (Lipinski definition) is 1. The van der Waals surface area contributed by atoms with Gasteiger partial charge in [-0.15, -0.1) is 0 Å². The second-order valence-corrected chi connectivity index (χ2v) is 9.23. The van der Waals surface area contributed by atoms with Crippen molar-refractivity contribution in [3.8, 4) is 11.5 Å². The third kappa shape index (κ3) is 4.29. The maximum atomic E-state index is 6.10. The Morgan fingerprint density at radius 2 is 1.74 bits per heavy atom. The van der Waals surface area contributed by atoms with Gasteiger partial charge in [-0.05, 0) is 92.6 Å². The van der Waals surface area contributed by atoms with Crippen LogP contribution in [0.4, 0.5) is 5.69 Å². The first-order valence-electron chi connectivity index (χ1n) is 11.5. The Hall–Kier alpha value is -3.64. The van der Waals surface area contributed by atoms with E-state index >= 15 is 0 Å². The minimum absolute atomic E-state index is 0.0227. The summed E-state index contributed by atoms with van der Waals surface area (Å²) in [5.41, 5.74) is 4.27. The van der Waals surface area contributed by atoms with Gasteiger partial charge in [-0.2, -0.15) is 0 Å². The number of pyridine rings is 1. The van der Waals surface area contributed by atoms with E-state index in [2.05, 4.69) is 70.3 Å². The Balaban J connectivity index is 1.49. The van der Waals surface area contributed by atoms with Crippen LogP contribution < -0.4 is 15.0 Å². The van der Waals surface area contributed by atoms with Crippen molar-refractivity contribution in [3.05, 3.63) is 108 Å². The molecular formula is C28H28N4OS. The van der Waals surface area contributed by atoms with E-state index in [1.54, 1.807) is 0 Å². The number of para-hydroxylation sites is 1. The lowest BCUT2D eigenvalue weighted by atomic mass is 9.98. The average Bonchev–Trinajstić information content (AvgIpc) is 3.47. The van der Waals surface area contributed by atoms with Gasteiger partial charge < -0.3 is 19.5 Å². The maximum absolute atomic E-state index is 6.10. The van der Waals surface area contributed by atoms with E-state index in [1.165, 1.54) is 5.56 Å². The van der Waals surface area contributed by atoms with Gasteiger partial charge in [0.1, 0.15) is 11.5 Å². The van der Waals surface area contributed by atoms with Crippen LogP contribution >= 0.6 is 12.2 Å². The topological polar surface area (TPSA) is 42.3 Å². The zero-order valence-electron chi connectivity index (χ0n) is 19.6. The molecule has 6 heteroatoms. The van der Waals surface area contributed by atoms with Crippen molar-refractivity contribution in [3.63, 3.8) is 0 Å². The molecular weight excluding hydrogens is 440 g/mol. The van der Waals surface area contributed by atoms with Crippen molar-refractivity contribution < 1.29 is 4.74 Å². The molecule has 4 aromatic rings. The molecule has 1 saturated heterocycles. The van der Waals surface area contributed by atoms with E-state index < -0.39 is 0 Å². The van der Waals surface area contributed by atoms with Crippen molar-refractivity contribution in [2.24, 2.45) is 0 Å². The van der Waals surface area contributed by atoms with Crippen LogP contribution in [0.5, 0.6) is 11.5 Å². The summed E-state index contributed by atoms with van der Waals surface area (Å²) in [6.45, 7) is 6.41. The molecule has 0 radical (unpaired) electrons. The first-order chi connectivity index (χ1) is 16.5. The Bertz CT molecular complexity index is 1280. The third-order valence-corrected chi connectivity index (χ3v) is 6.52. The van der Waals surface area contributed by atoms with Gasteiger partial charge in [-0.3, -0.25) is 4.98 Å². The molecule has 34 heavy (non-hydrogen) atoms. The summed E-state index contributed by atoms with van der Waals surface area (Å²) in [7, 11) is 0. The summed E-state index contributed by atoms with van der Waals surface area (Å²) >= 11 is 5.84. The molecule has 2 aromatic carbocycles. The zero-order valence-corrected chi connectivity index (χ0v) is 20.4. The SMILES string of the molecule is Cc1ccccc1Oc1ccc(N2C(=S)N[C@H](c3ccccn3)[C@@H]2c2ccn(C(C)C)c2)cc1. The summed E-state index contributed by atoms with van der Waals surface area (Å²) in [5, 5.41) is 4.21. The third-order valence-electron chi connectivity index (χ3n) is 6.21. The number of anilines is 1. The van der Waals surface area contributed by atoms with Crippen LogP contribution in [0.3, 0.4) is 0 Å². The van der Waals surface area contributed by atoms with E-state index in [9.17, 15) is 0 Å². The van der Waals surface area contributed by atoms with Gasteiger partial charge in [0.25, 0.3) is 0 Å². The predicted molar refractivity (Wildman–Crippen MR) is 140 cm³/mol. The summed E-state index contributed by atoms with van der Waals surface area (Å²) < 4.78 is 8.33. The van der Waals surface area contributed by atoms with Crippen LogP contribution in [0.2, 0.25) is 0 Å². The fraction of sp³-hybridized carbons (Fsp3) is 0.214. The van der Waals surface area contributed by atoms with Gasteiger partial charge in [-0.25, -0.2) is 0 Å². The highest BCUT2D eigenvalue weighted by Gasteiger charge is 2.41. The van der Waals surface area contributed by atoms with Crippen molar-refractivity contribution >= 4 is 23.0 Å². The van der Waals surface area contributed by atoms with Crippen LogP contribution in [0, 0.1) is 6.92 Å². The second kappa shape index (κ2) is 9.31. The molecule has 1 N–H and O–H groups in total. The molecule has 0 aliphatic carbocycles. The molecule has 0 spiro atoms. The monoisotopic (exact) mass is 468 g/mol. The highest BCUT2D eigenvalue weighted by atomic mass is 32.1. The lowest BCUT2D eigenvalue weighted by molar-refractivity contribution is 0.479. The molecule has 1 aliphatic rings. The number of aromatic nitrogens is 2. The Labute approximate surface area is 206 Å². The highest BCUT2D eigenvalue weighted by Crippen LogP contribution is 2.42. The fourth-order valence-electron chi connectivity index (χ4n) is 4.37. The number of hydrogen-bond acceptors (Lipinski definition) is 3. The highest BCUT2D eigenvalue weighted by molar-refractivity contribution is 7.80. The van der Waals surface area contributed by atoms with Gasteiger partial charge in [0.15, 0.2) is 5.11 Å². The molecule has 2 atom stereocenters. The maximum Gasteiger partial charge on any atom is 0.174 e. The number of ether oxygens (including phenoxy) is 1. The molecule has 172 valence electrons. The van der Waals surface area contributed by atoms with Gasteiger partial charge in [0, 0.05) is 30.3 Å². The first-order valence-corrected chi connectivity index (χ1v) is 11.9. The summed E-state index contributed by atoms with van der Waals surface area (Å²) in [5.74, 6) is 1.65. The molecule has 0 saturated carbocycles. The van der Waals surface area contributed by atoms with Crippen LogP contribution in [0.25, 0.3) is 0 Å². The smallest absolute Gasteiger partial charge is 0.174 e. The molecule has 5 nitrogen and oxygen atoms in total. The van der Waals surface area contributed by atoms with E-state index in [0.29, 0.717) is 11.2 Å². The largest absolute Gasteiger partial charge is 0.457 e. The first kappa shape index (κ1) is 22.2. The van der Waals surface area contributed by atoms with E-state index in [0.717, 1.165) is 28.4 Å². The summed E-state index contributed by atoms with van der Waals surface area (Å²) in [4.78, 5) is 6.82. The van der Waals surface area contributed by atoms with Gasteiger partial charge in [0.2, 0.25) is 0 Å². The van der Waals surface area contributed by atoms with E-state index in [-0.39, 0.29) is 12.1 Å². The second-order valence-electron chi connectivity index (χ2n) is 8.84. The lowest BCUT2D eigenvalue weighted by Gasteiger charge is -2.27. The molecule has 1 fully saturated rings. The normalized spacial score (nSPS) is 17.8. The lowest BCUT2D eigenvalue weighted by Crippen LogP contribution is -2.29. The summed E-state index contributed by atoms with van der Waals surface area (Å²) in [6, 6.07) is 24.6. The fourth-order valence-corrected chi connectivity index (χ4v) is 4.72. The van der Waals surface area contributed by atoms with Crippen molar-refractivity contribution in [1.82, 2.24) is 14.9 Å². The molecule has 0 amide bonds. The molecule has 5 rings (SSSR count). The Morgan fingerprint density at radius 1 is 0.971 bits per heavy atom. The van der Waals surface area contributed by atoms with Crippen LogP contribution in [-0.4, -0.2) is 14.7 Å². The van der Waals surface area contributed by atoms with Crippen LogP contribution in [0.15, 0.2) is 91.4 Å². The van der Waals surface area contributed by atoms with Gasteiger partial charge >= 0.3 is 0 Å². The molecule has 1 aliphatic heterocycles. The Morgan fingerprint density at radius 3 is 2.41 bits per heavy atom. The number of nitrogens with one attached hydrogen (secondary N) is 1. The molecule has 0 unspecified atom stereocenters.